The Hall–Kier alpha value is -2.59. The fourth-order valence-corrected chi connectivity index (χ4v) is 2.69. The van der Waals surface area contributed by atoms with Crippen LogP contribution in [0.2, 0.25) is 0 Å². The Morgan fingerprint density at radius 2 is 2.14 bits per heavy atom. The molecule has 1 aliphatic heterocycles. The molecule has 0 bridgehead atoms. The number of nitrogens with zero attached hydrogens (tertiary/aromatic N) is 4. The maximum atomic E-state index is 12.6. The molecular formula is C17H26F3N7O. The zero-order chi connectivity index (χ0) is 20.4. The van der Waals surface area contributed by atoms with Crippen LogP contribution in [-0.2, 0) is 11.0 Å². The molecule has 1 amide bonds. The highest BCUT2D eigenvalue weighted by molar-refractivity contribution is 5.79. The van der Waals surface area contributed by atoms with Crippen molar-refractivity contribution in [3.8, 4) is 0 Å². The molecule has 0 spiro atoms. The summed E-state index contributed by atoms with van der Waals surface area (Å²) >= 11 is 0. The van der Waals surface area contributed by atoms with E-state index in [2.05, 4.69) is 30.9 Å². The van der Waals surface area contributed by atoms with Gasteiger partial charge in [0.1, 0.15) is 5.69 Å². The van der Waals surface area contributed by atoms with Crippen molar-refractivity contribution < 1.29 is 18.0 Å². The molecule has 0 unspecified atom stereocenters. The number of amides is 1. The Morgan fingerprint density at radius 1 is 1.32 bits per heavy atom. The fraction of sp³-hybridized carbons (Fsp3) is 0.647. The Kier molecular flexibility index (Phi) is 8.27. The van der Waals surface area contributed by atoms with Crippen LogP contribution in [0.4, 0.5) is 19.1 Å². The van der Waals surface area contributed by atoms with E-state index in [0.717, 1.165) is 31.6 Å². The van der Waals surface area contributed by atoms with Crippen molar-refractivity contribution in [2.45, 2.75) is 32.4 Å². The van der Waals surface area contributed by atoms with Crippen LogP contribution in [0.5, 0.6) is 0 Å². The van der Waals surface area contributed by atoms with E-state index >= 15 is 0 Å². The minimum Gasteiger partial charge on any atom is -0.357 e. The molecule has 156 valence electrons. The molecular weight excluding hydrogens is 375 g/mol. The minimum absolute atomic E-state index is 0.0751. The second kappa shape index (κ2) is 10.7. The number of alkyl halides is 3. The average molecular weight is 401 g/mol. The molecule has 0 radical (unpaired) electrons. The molecule has 2 heterocycles. The molecule has 8 nitrogen and oxygen atoms in total. The number of aliphatic imine (C=N–C) groups is 1. The number of carbonyl (C=O) groups is 1. The van der Waals surface area contributed by atoms with Crippen molar-refractivity contribution in [2.24, 2.45) is 4.99 Å². The van der Waals surface area contributed by atoms with Gasteiger partial charge in [0.15, 0.2) is 5.96 Å². The van der Waals surface area contributed by atoms with Gasteiger partial charge < -0.3 is 20.9 Å². The maximum absolute atomic E-state index is 12.6. The van der Waals surface area contributed by atoms with E-state index in [1.807, 2.05) is 11.8 Å². The first-order chi connectivity index (χ1) is 13.4. The van der Waals surface area contributed by atoms with Gasteiger partial charge in [-0.25, -0.2) is 9.97 Å². The standard InChI is InChI=1S/C17H26F3N7O/c1-2-21-15(22-7-4-12-27-11-3-5-14(27)28)24-9-10-25-16-23-8-6-13(26-16)17(18,19)20/h6,8H,2-5,7,9-12H2,1H3,(H2,21,22,24)(H,23,25,26). The Morgan fingerprint density at radius 3 is 2.82 bits per heavy atom. The molecule has 11 heteroatoms. The van der Waals surface area contributed by atoms with E-state index in [1.165, 1.54) is 0 Å². The number of rotatable bonds is 9. The number of guanidine groups is 1. The summed E-state index contributed by atoms with van der Waals surface area (Å²) in [5, 5.41) is 8.94. The van der Waals surface area contributed by atoms with E-state index in [0.29, 0.717) is 45.1 Å². The van der Waals surface area contributed by atoms with E-state index in [-0.39, 0.29) is 11.9 Å². The first kappa shape index (κ1) is 21.7. The van der Waals surface area contributed by atoms with E-state index < -0.39 is 11.9 Å². The Labute approximate surface area is 162 Å². The Balaban J connectivity index is 1.71. The fourth-order valence-electron chi connectivity index (χ4n) is 2.69. The highest BCUT2D eigenvalue weighted by atomic mass is 19.4. The SMILES string of the molecule is CCNC(=NCCCN1CCCC1=O)NCCNc1nccc(C(F)(F)F)n1. The summed E-state index contributed by atoms with van der Waals surface area (Å²) in [5.74, 6) is 0.743. The van der Waals surface area contributed by atoms with Crippen LogP contribution in [0.3, 0.4) is 0 Å². The number of halogens is 3. The molecule has 1 fully saturated rings. The molecule has 1 aliphatic rings. The number of nitrogens with one attached hydrogen (secondary N) is 3. The predicted octanol–water partition coefficient (Wildman–Crippen LogP) is 1.47. The summed E-state index contributed by atoms with van der Waals surface area (Å²) in [6.07, 6.45) is -1.09. The highest BCUT2D eigenvalue weighted by Crippen LogP contribution is 2.27. The van der Waals surface area contributed by atoms with E-state index in [9.17, 15) is 18.0 Å². The summed E-state index contributed by atoms with van der Waals surface area (Å²) in [6.45, 7) is 5.48. The predicted molar refractivity (Wildman–Crippen MR) is 99.9 cm³/mol. The van der Waals surface area contributed by atoms with Gasteiger partial charge in [-0.2, -0.15) is 13.2 Å². The van der Waals surface area contributed by atoms with Gasteiger partial charge in [0.05, 0.1) is 0 Å². The normalized spacial score (nSPS) is 15.1. The van der Waals surface area contributed by atoms with E-state index in [4.69, 9.17) is 0 Å². The van der Waals surface area contributed by atoms with Crippen LogP contribution in [0, 0.1) is 0 Å². The maximum Gasteiger partial charge on any atom is 0.433 e. The molecule has 28 heavy (non-hydrogen) atoms. The van der Waals surface area contributed by atoms with Crippen LogP contribution < -0.4 is 16.0 Å². The van der Waals surface area contributed by atoms with Crippen molar-refractivity contribution in [2.75, 3.05) is 44.6 Å². The zero-order valence-corrected chi connectivity index (χ0v) is 15.8. The molecule has 1 aromatic heterocycles. The summed E-state index contributed by atoms with van der Waals surface area (Å²) < 4.78 is 37.9. The molecule has 3 N–H and O–H groups in total. The van der Waals surface area contributed by atoms with Crippen molar-refractivity contribution in [1.82, 2.24) is 25.5 Å². The van der Waals surface area contributed by atoms with E-state index in [1.54, 1.807) is 0 Å². The monoisotopic (exact) mass is 401 g/mol. The first-order valence-electron chi connectivity index (χ1n) is 9.34. The van der Waals surface area contributed by atoms with Crippen molar-refractivity contribution in [3.05, 3.63) is 18.0 Å². The van der Waals surface area contributed by atoms with Crippen molar-refractivity contribution >= 4 is 17.8 Å². The third kappa shape index (κ3) is 7.20. The molecule has 2 rings (SSSR count). The van der Waals surface area contributed by atoms with Gasteiger partial charge in [-0.3, -0.25) is 9.79 Å². The van der Waals surface area contributed by atoms with Crippen LogP contribution in [-0.4, -0.2) is 66.0 Å². The summed E-state index contributed by atoms with van der Waals surface area (Å²) in [7, 11) is 0. The lowest BCUT2D eigenvalue weighted by atomic mass is 10.4. The summed E-state index contributed by atoms with van der Waals surface area (Å²) in [4.78, 5) is 25.1. The van der Waals surface area contributed by atoms with Gasteiger partial charge in [0.25, 0.3) is 0 Å². The van der Waals surface area contributed by atoms with Crippen LogP contribution in [0.1, 0.15) is 31.9 Å². The number of likely N-dealkylation sites (tertiary alicyclic amines) is 1. The van der Waals surface area contributed by atoms with Crippen molar-refractivity contribution in [3.63, 3.8) is 0 Å². The molecule has 1 saturated heterocycles. The third-order valence-corrected chi connectivity index (χ3v) is 4.02. The molecule has 1 aromatic rings. The summed E-state index contributed by atoms with van der Waals surface area (Å²) in [6, 6.07) is 0.828. The van der Waals surface area contributed by atoms with Gasteiger partial charge in [0, 0.05) is 51.9 Å². The molecule has 0 atom stereocenters. The van der Waals surface area contributed by atoms with Crippen LogP contribution in [0.15, 0.2) is 17.3 Å². The minimum atomic E-state index is -4.50. The molecule has 0 saturated carbocycles. The quantitative estimate of drug-likeness (QED) is 0.330. The lowest BCUT2D eigenvalue weighted by Gasteiger charge is -2.15. The number of carbonyl (C=O) groups excluding carboxylic acids is 1. The number of hydrogen-bond donors (Lipinski definition) is 3. The van der Waals surface area contributed by atoms with Gasteiger partial charge in [0.2, 0.25) is 11.9 Å². The highest BCUT2D eigenvalue weighted by Gasteiger charge is 2.32. The van der Waals surface area contributed by atoms with Gasteiger partial charge >= 0.3 is 6.18 Å². The number of anilines is 1. The topological polar surface area (TPSA) is 94.5 Å². The van der Waals surface area contributed by atoms with Gasteiger partial charge in [-0.1, -0.05) is 0 Å². The van der Waals surface area contributed by atoms with Crippen LogP contribution >= 0.6 is 0 Å². The first-order valence-corrected chi connectivity index (χ1v) is 9.34. The van der Waals surface area contributed by atoms with Crippen molar-refractivity contribution in [1.29, 1.82) is 0 Å². The smallest absolute Gasteiger partial charge is 0.357 e. The van der Waals surface area contributed by atoms with Gasteiger partial charge in [-0.05, 0) is 25.8 Å². The average Bonchev–Trinajstić information content (AvgIpc) is 3.06. The second-order valence-corrected chi connectivity index (χ2v) is 6.22. The lowest BCUT2D eigenvalue weighted by Crippen LogP contribution is -2.39. The molecule has 0 aromatic carbocycles. The Bertz CT molecular complexity index is 666. The third-order valence-electron chi connectivity index (χ3n) is 4.02. The van der Waals surface area contributed by atoms with Gasteiger partial charge in [-0.15, -0.1) is 0 Å². The van der Waals surface area contributed by atoms with Crippen LogP contribution in [0.25, 0.3) is 0 Å². The number of aromatic nitrogens is 2. The second-order valence-electron chi connectivity index (χ2n) is 6.22. The lowest BCUT2D eigenvalue weighted by molar-refractivity contribution is -0.141. The summed E-state index contributed by atoms with van der Waals surface area (Å²) in [5.41, 5.74) is -0.982. The largest absolute Gasteiger partial charge is 0.433 e. The zero-order valence-electron chi connectivity index (χ0n) is 15.8. The number of hydrogen-bond acceptors (Lipinski definition) is 5. The molecule has 0 aliphatic carbocycles.